The van der Waals surface area contributed by atoms with Gasteiger partial charge in [0, 0.05) is 16.0 Å². The van der Waals surface area contributed by atoms with Gasteiger partial charge in [0.1, 0.15) is 21.9 Å². The van der Waals surface area contributed by atoms with Crippen LogP contribution in [0.2, 0.25) is 5.02 Å². The number of rotatable bonds is 3. The van der Waals surface area contributed by atoms with Gasteiger partial charge in [-0.15, -0.1) is 11.3 Å². The molecule has 1 aromatic carbocycles. The fourth-order valence-electron chi connectivity index (χ4n) is 3.80. The lowest BCUT2D eigenvalue weighted by molar-refractivity contribution is 0.102. The molecule has 0 radical (unpaired) electrons. The van der Waals surface area contributed by atoms with E-state index < -0.39 is 11.5 Å². The Labute approximate surface area is 176 Å². The Bertz CT molecular complexity index is 1180. The number of thiophene rings is 1. The van der Waals surface area contributed by atoms with Crippen molar-refractivity contribution in [1.82, 2.24) is 4.98 Å². The lowest BCUT2D eigenvalue weighted by atomic mass is 10.0. The topological polar surface area (TPSA) is 91.4 Å². The molecule has 0 atom stereocenters. The van der Waals surface area contributed by atoms with Crippen LogP contribution in [-0.4, -0.2) is 23.1 Å². The van der Waals surface area contributed by atoms with Crippen LogP contribution < -0.4 is 15.6 Å². The van der Waals surface area contributed by atoms with Crippen molar-refractivity contribution >= 4 is 44.7 Å². The van der Waals surface area contributed by atoms with E-state index in [0.29, 0.717) is 26.7 Å². The van der Waals surface area contributed by atoms with E-state index in [1.165, 1.54) is 23.3 Å². The number of nitrogens with one attached hydrogen (secondary N) is 2. The van der Waals surface area contributed by atoms with Gasteiger partial charge in [-0.2, -0.15) is 0 Å². The molecule has 1 amide bonds. The summed E-state index contributed by atoms with van der Waals surface area (Å²) < 4.78 is 5.28. The van der Waals surface area contributed by atoms with Crippen molar-refractivity contribution in [2.75, 3.05) is 12.4 Å². The molecule has 6 nitrogen and oxygen atoms in total. The van der Waals surface area contributed by atoms with E-state index in [0.717, 1.165) is 43.2 Å². The third-order valence-corrected chi connectivity index (χ3v) is 6.92. The molecule has 0 saturated carbocycles. The summed E-state index contributed by atoms with van der Waals surface area (Å²) >= 11 is 7.61. The van der Waals surface area contributed by atoms with Crippen LogP contribution in [0.25, 0.3) is 10.2 Å². The highest BCUT2D eigenvalue weighted by molar-refractivity contribution is 7.18. The van der Waals surface area contributed by atoms with Crippen molar-refractivity contribution in [3.05, 3.63) is 49.1 Å². The van der Waals surface area contributed by atoms with Crippen molar-refractivity contribution in [2.24, 2.45) is 0 Å². The number of benzene rings is 1. The maximum absolute atomic E-state index is 12.9. The number of pyridine rings is 1. The summed E-state index contributed by atoms with van der Waals surface area (Å²) in [5.74, 6) is -0.583. The van der Waals surface area contributed by atoms with Gasteiger partial charge in [0.25, 0.3) is 11.5 Å². The number of ether oxygens (including phenoxy) is 1. The SMILES string of the molecule is COc1cc(Cl)c(C)cc1NC(=O)c1c(O)c2c3c(sc2[nH]c1=O)CCCCC3. The number of methoxy groups -OCH3 is 1. The van der Waals surface area contributed by atoms with Crippen molar-refractivity contribution < 1.29 is 14.6 Å². The zero-order valence-corrected chi connectivity index (χ0v) is 17.7. The number of H-pyrrole nitrogens is 1. The van der Waals surface area contributed by atoms with Gasteiger partial charge in [0.2, 0.25) is 0 Å². The highest BCUT2D eigenvalue weighted by Gasteiger charge is 2.25. The Kier molecular flexibility index (Phi) is 5.27. The van der Waals surface area contributed by atoms with E-state index in [1.807, 2.05) is 0 Å². The van der Waals surface area contributed by atoms with Gasteiger partial charge in [0.05, 0.1) is 18.2 Å². The van der Waals surface area contributed by atoms with Gasteiger partial charge < -0.3 is 20.1 Å². The van der Waals surface area contributed by atoms with Crippen LogP contribution in [0.3, 0.4) is 0 Å². The molecular weight excluding hydrogens is 412 g/mol. The number of carbonyl (C=O) groups excluding carboxylic acids is 1. The molecule has 0 saturated heterocycles. The minimum Gasteiger partial charge on any atom is -0.506 e. The second-order valence-electron chi connectivity index (χ2n) is 7.20. The fraction of sp³-hybridized carbons (Fsp3) is 0.333. The van der Waals surface area contributed by atoms with Crippen molar-refractivity contribution in [1.29, 1.82) is 0 Å². The summed E-state index contributed by atoms with van der Waals surface area (Å²) in [5, 5.41) is 14.7. The summed E-state index contributed by atoms with van der Waals surface area (Å²) in [6, 6.07) is 3.26. The summed E-state index contributed by atoms with van der Waals surface area (Å²) in [6.07, 6.45) is 5.02. The molecule has 0 unspecified atom stereocenters. The number of carbonyl (C=O) groups is 1. The third-order valence-electron chi connectivity index (χ3n) is 5.31. The quantitative estimate of drug-likeness (QED) is 0.519. The summed E-state index contributed by atoms with van der Waals surface area (Å²) in [6.45, 7) is 1.80. The van der Waals surface area contributed by atoms with Gasteiger partial charge in [-0.25, -0.2) is 0 Å². The van der Waals surface area contributed by atoms with Crippen LogP contribution in [0.15, 0.2) is 16.9 Å². The largest absolute Gasteiger partial charge is 0.506 e. The smallest absolute Gasteiger partial charge is 0.265 e. The highest BCUT2D eigenvalue weighted by Crippen LogP contribution is 2.40. The zero-order chi connectivity index (χ0) is 20.7. The first-order valence-corrected chi connectivity index (χ1v) is 10.6. The minimum absolute atomic E-state index is 0.259. The molecule has 29 heavy (non-hydrogen) atoms. The van der Waals surface area contributed by atoms with Gasteiger partial charge in [-0.1, -0.05) is 18.0 Å². The van der Waals surface area contributed by atoms with Crippen LogP contribution in [0.1, 0.15) is 45.6 Å². The molecule has 2 aromatic heterocycles. The summed E-state index contributed by atoms with van der Waals surface area (Å²) in [7, 11) is 1.47. The van der Waals surface area contributed by atoms with Crippen LogP contribution in [-0.2, 0) is 12.8 Å². The van der Waals surface area contributed by atoms with Crippen LogP contribution in [0.5, 0.6) is 11.5 Å². The van der Waals surface area contributed by atoms with Gasteiger partial charge in [-0.05, 0) is 49.8 Å². The molecule has 2 heterocycles. The van der Waals surface area contributed by atoms with Crippen LogP contribution >= 0.6 is 22.9 Å². The normalized spacial score (nSPS) is 13.8. The Morgan fingerprint density at radius 3 is 2.79 bits per heavy atom. The van der Waals surface area contributed by atoms with E-state index in [2.05, 4.69) is 10.3 Å². The number of anilines is 1. The number of aryl methyl sites for hydroxylation is 3. The first-order chi connectivity index (χ1) is 13.9. The number of aromatic hydroxyl groups is 1. The Morgan fingerprint density at radius 2 is 2.03 bits per heavy atom. The molecule has 0 spiro atoms. The number of halogens is 1. The van der Waals surface area contributed by atoms with E-state index in [4.69, 9.17) is 16.3 Å². The maximum atomic E-state index is 12.9. The number of aromatic nitrogens is 1. The Balaban J connectivity index is 1.80. The molecule has 4 rings (SSSR count). The number of aromatic amines is 1. The molecule has 0 bridgehead atoms. The monoisotopic (exact) mass is 432 g/mol. The Hall–Kier alpha value is -2.51. The number of amides is 1. The second kappa shape index (κ2) is 7.72. The van der Waals surface area contributed by atoms with Gasteiger partial charge in [0.15, 0.2) is 0 Å². The molecule has 0 aliphatic heterocycles. The van der Waals surface area contributed by atoms with Crippen LogP contribution in [0.4, 0.5) is 5.69 Å². The van der Waals surface area contributed by atoms with Crippen LogP contribution in [0, 0.1) is 6.92 Å². The van der Waals surface area contributed by atoms with Crippen molar-refractivity contribution in [3.63, 3.8) is 0 Å². The molecular formula is C21H21ClN2O4S. The fourth-order valence-corrected chi connectivity index (χ4v) is 5.24. The summed E-state index contributed by atoms with van der Waals surface area (Å²) in [5.41, 5.74) is 1.26. The first kappa shape index (κ1) is 19.8. The second-order valence-corrected chi connectivity index (χ2v) is 8.71. The molecule has 3 aromatic rings. The minimum atomic E-state index is -0.695. The standard InChI is InChI=1S/C21H21ClN2O4S/c1-10-8-13(14(28-2)9-12(10)22)23-19(26)17-18(25)16-11-6-4-3-5-7-15(11)29-21(16)24-20(17)27/h8-9H,3-7H2,1-2H3,(H,23,26)(H2,24,25,27). The van der Waals surface area contributed by atoms with E-state index in [1.54, 1.807) is 19.1 Å². The Morgan fingerprint density at radius 1 is 1.28 bits per heavy atom. The van der Waals surface area contributed by atoms with E-state index >= 15 is 0 Å². The van der Waals surface area contributed by atoms with E-state index in [-0.39, 0.29) is 11.3 Å². The zero-order valence-electron chi connectivity index (χ0n) is 16.1. The predicted molar refractivity (Wildman–Crippen MR) is 116 cm³/mol. The lowest BCUT2D eigenvalue weighted by Crippen LogP contribution is -2.23. The molecule has 0 fully saturated rings. The molecule has 1 aliphatic carbocycles. The highest BCUT2D eigenvalue weighted by atomic mass is 35.5. The molecule has 3 N–H and O–H groups in total. The van der Waals surface area contributed by atoms with Crippen molar-refractivity contribution in [2.45, 2.75) is 39.0 Å². The number of hydrogen-bond acceptors (Lipinski definition) is 5. The average Bonchev–Trinajstić information content (AvgIpc) is 2.85. The number of hydrogen-bond donors (Lipinski definition) is 3. The lowest BCUT2D eigenvalue weighted by Gasteiger charge is -2.13. The third kappa shape index (κ3) is 3.49. The number of fused-ring (bicyclic) bond motifs is 3. The first-order valence-electron chi connectivity index (χ1n) is 9.45. The molecule has 1 aliphatic rings. The molecule has 8 heteroatoms. The van der Waals surface area contributed by atoms with Crippen molar-refractivity contribution in [3.8, 4) is 11.5 Å². The molecule has 152 valence electrons. The predicted octanol–water partition coefficient (Wildman–Crippen LogP) is 4.79. The van der Waals surface area contributed by atoms with Gasteiger partial charge in [-0.3, -0.25) is 9.59 Å². The summed E-state index contributed by atoms with van der Waals surface area (Å²) in [4.78, 5) is 30.1. The average molecular weight is 433 g/mol. The van der Waals surface area contributed by atoms with Gasteiger partial charge >= 0.3 is 0 Å². The maximum Gasteiger partial charge on any atom is 0.265 e. The van der Waals surface area contributed by atoms with E-state index in [9.17, 15) is 14.7 Å².